The van der Waals surface area contributed by atoms with E-state index in [1.54, 1.807) is 28.4 Å². The molecule has 65 heavy (non-hydrogen) atoms. The first-order chi connectivity index (χ1) is 31.2. The van der Waals surface area contributed by atoms with Crippen LogP contribution in [0.25, 0.3) is 91.9 Å². The van der Waals surface area contributed by atoms with Crippen molar-refractivity contribution in [1.82, 2.24) is 38.2 Å². The maximum atomic E-state index is 5.59. The van der Waals surface area contributed by atoms with Crippen LogP contribution < -0.4 is 28.2 Å². The Morgan fingerprint density at radius 1 is 0.415 bits per heavy atom. The number of hydrogen-bond acceptors (Lipinski definition) is 6. The van der Waals surface area contributed by atoms with Gasteiger partial charge in [-0.3, -0.25) is 0 Å². The number of imidazole rings is 4. The zero-order valence-corrected chi connectivity index (χ0v) is 39.5. The molecule has 0 N–H and O–H groups in total. The van der Waals surface area contributed by atoms with Gasteiger partial charge in [-0.1, -0.05) is 24.3 Å². The monoisotopic (exact) mass is 919 g/mol. The summed E-state index contributed by atoms with van der Waals surface area (Å²) in [5, 5.41) is 0. The fourth-order valence-corrected chi connectivity index (χ4v) is 8.86. The van der Waals surface area contributed by atoms with Gasteiger partial charge in [0.15, 0.2) is 0 Å². The van der Waals surface area contributed by atoms with Gasteiger partial charge in [-0.05, 0) is 24.3 Å². The molecule has 7 aromatic heterocycles. The number of fused-ring (bicyclic) bond motifs is 8. The molecule has 7 aromatic rings. The van der Waals surface area contributed by atoms with Crippen LogP contribution in [0.4, 0.5) is 0 Å². The van der Waals surface area contributed by atoms with Crippen LogP contribution in [0.15, 0.2) is 73.8 Å². The standard InChI is InChI=1S/C48H56N12O4.Mn/c1-53-17-21-57(25-29-61-5)45(53)41-33-9-11-35(49-33)42(46-54(2)18-22-58(46)26-30-62-6)37-13-15-39(51-37)44(48-56(4)20-24-60(48)28-32-64-8)40-16-14-38(52-40)43(36-12-10-34(41)50-36)47-55(3)19-23-59(47)27-31-63-7;/h9-24H,25-32H2,1-8H3;/q+2;+3. The summed E-state index contributed by atoms with van der Waals surface area (Å²) in [7, 11) is 15.1. The van der Waals surface area contributed by atoms with Gasteiger partial charge >= 0.3 is 17.1 Å². The van der Waals surface area contributed by atoms with Crippen LogP contribution in [0.3, 0.4) is 0 Å². The Hall–Kier alpha value is -6.20. The zero-order chi connectivity index (χ0) is 44.5. The summed E-state index contributed by atoms with van der Waals surface area (Å²) in [6.07, 6.45) is 25.0. The minimum Gasteiger partial charge on any atom is -0.656 e. The molecule has 16 nitrogen and oxygen atoms in total. The quantitative estimate of drug-likeness (QED) is 0.106. The normalized spacial score (nSPS) is 12.2. The van der Waals surface area contributed by atoms with Gasteiger partial charge in [-0.2, -0.15) is 0 Å². The van der Waals surface area contributed by atoms with Crippen molar-refractivity contribution in [3.8, 4) is 45.6 Å². The molecule has 0 fully saturated rings. The average Bonchev–Trinajstić information content (AvgIpc) is 4.16. The predicted molar refractivity (Wildman–Crippen MR) is 243 cm³/mol. The summed E-state index contributed by atoms with van der Waals surface area (Å²) in [6, 6.07) is 8.40. The summed E-state index contributed by atoms with van der Waals surface area (Å²) in [5.74, 6) is 3.79. The third-order valence-electron chi connectivity index (χ3n) is 12.0. The maximum absolute atomic E-state index is 5.59. The molecule has 0 saturated carbocycles. The van der Waals surface area contributed by atoms with Crippen molar-refractivity contribution in [1.29, 1.82) is 0 Å². The molecule has 0 radical (unpaired) electrons. The molecule has 0 spiro atoms. The summed E-state index contributed by atoms with van der Waals surface area (Å²) >= 11 is 0. The van der Waals surface area contributed by atoms with E-state index in [1.807, 2.05) is 0 Å². The van der Waals surface area contributed by atoms with E-state index in [4.69, 9.17) is 38.9 Å². The van der Waals surface area contributed by atoms with Crippen LogP contribution in [-0.2, 0) is 90.4 Å². The topological polar surface area (TPSA) is 126 Å². The van der Waals surface area contributed by atoms with Gasteiger partial charge in [-0.25, -0.2) is 46.5 Å². The van der Waals surface area contributed by atoms with Crippen molar-refractivity contribution < 1.29 is 54.3 Å². The van der Waals surface area contributed by atoms with Crippen LogP contribution in [0, 0.1) is 0 Å². The second kappa shape index (κ2) is 19.5. The average molecular weight is 920 g/mol. The largest absolute Gasteiger partial charge is 3.00 e. The molecule has 17 heteroatoms. The summed E-state index contributed by atoms with van der Waals surface area (Å²) < 4.78 is 39.7. The first kappa shape index (κ1) is 45.4. The van der Waals surface area contributed by atoms with Crippen molar-refractivity contribution in [2.24, 2.45) is 28.2 Å². The molecule has 8 bridgehead atoms. The number of rotatable bonds is 16. The fourth-order valence-electron chi connectivity index (χ4n) is 8.86. The van der Waals surface area contributed by atoms with Crippen LogP contribution in [0.5, 0.6) is 0 Å². The molecule has 0 aromatic carbocycles. The van der Waals surface area contributed by atoms with E-state index in [-0.39, 0.29) is 17.1 Å². The third-order valence-corrected chi connectivity index (χ3v) is 12.0. The summed E-state index contributed by atoms with van der Waals surface area (Å²) in [6.45, 7) is 4.73. The third kappa shape index (κ3) is 8.47. The summed E-state index contributed by atoms with van der Waals surface area (Å²) in [5.41, 5.74) is 9.78. The minimum absolute atomic E-state index is 0. The Kier molecular flexibility index (Phi) is 13.6. The number of aryl methyl sites for hydroxylation is 4. The number of hydrogen-bond donors (Lipinski definition) is 0. The summed E-state index contributed by atoms with van der Waals surface area (Å²) in [4.78, 5) is 22.2. The van der Waals surface area contributed by atoms with E-state index in [0.29, 0.717) is 52.6 Å². The van der Waals surface area contributed by atoms with E-state index < -0.39 is 0 Å². The fraction of sp³-hybridized carbons (Fsp3) is 0.333. The molecular formula is C48H56MnN12O4+5. The molecular weight excluding hydrogens is 864 g/mol. The molecule has 0 aliphatic carbocycles. The molecule has 0 saturated heterocycles. The molecule has 334 valence electrons. The van der Waals surface area contributed by atoms with Gasteiger partial charge < -0.3 is 28.9 Å². The molecule has 0 amide bonds. The SMILES string of the molecule is COCC[n+]1ccn(C)c1-c1c2nc(c(-c3n(C)cc[n+]3CCOC)c3ccc([n-]3)c(-c3n(C)cc[n+]3CCOC)c3nc(c(-c4n(C)cc[n+]4CCOC)c4ccc1[n-]4)C=C3)C=C2.[Mn+3]. The number of aromatic nitrogens is 12. The Morgan fingerprint density at radius 3 is 0.862 bits per heavy atom. The van der Waals surface area contributed by atoms with Crippen LogP contribution in [0.1, 0.15) is 22.8 Å². The van der Waals surface area contributed by atoms with E-state index in [1.165, 1.54) is 0 Å². The molecule has 0 atom stereocenters. The van der Waals surface area contributed by atoms with E-state index in [0.717, 1.165) is 90.4 Å². The second-order valence-corrected chi connectivity index (χ2v) is 16.0. The molecule has 9 heterocycles. The van der Waals surface area contributed by atoms with Gasteiger partial charge in [0.25, 0.3) is 23.3 Å². The van der Waals surface area contributed by atoms with Crippen LogP contribution in [0.2, 0.25) is 0 Å². The van der Waals surface area contributed by atoms with Crippen molar-refractivity contribution in [3.63, 3.8) is 0 Å². The zero-order valence-electron chi connectivity index (χ0n) is 38.3. The Bertz CT molecular complexity index is 2690. The molecule has 0 unspecified atom stereocenters. The first-order valence-electron chi connectivity index (χ1n) is 21.5. The Balaban J connectivity index is 0.00000576. The second-order valence-electron chi connectivity index (χ2n) is 16.0. The van der Waals surface area contributed by atoms with Gasteiger partial charge in [0.1, 0.15) is 75.8 Å². The van der Waals surface area contributed by atoms with Crippen molar-refractivity contribution in [2.75, 3.05) is 54.9 Å². The van der Waals surface area contributed by atoms with E-state index >= 15 is 0 Å². The smallest absolute Gasteiger partial charge is 0.656 e. The maximum Gasteiger partial charge on any atom is 3.00 e. The van der Waals surface area contributed by atoms with Crippen molar-refractivity contribution >= 4 is 46.4 Å². The van der Waals surface area contributed by atoms with Crippen molar-refractivity contribution in [2.45, 2.75) is 26.2 Å². The Morgan fingerprint density at radius 2 is 0.646 bits per heavy atom. The number of ether oxygens (including phenoxy) is 4. The van der Waals surface area contributed by atoms with Gasteiger partial charge in [-0.15, -0.1) is 22.1 Å². The Labute approximate surface area is 388 Å². The van der Waals surface area contributed by atoms with Crippen LogP contribution in [-0.4, -0.2) is 83.1 Å². The van der Waals surface area contributed by atoms with Gasteiger partial charge in [0, 0.05) is 28.4 Å². The predicted octanol–water partition coefficient (Wildman–Crippen LogP) is 3.67. The van der Waals surface area contributed by atoms with E-state index in [9.17, 15) is 0 Å². The minimum atomic E-state index is 0. The number of nitrogens with zero attached hydrogens (tertiary/aromatic N) is 12. The molecule has 9 rings (SSSR count). The van der Waals surface area contributed by atoms with E-state index in [2.05, 4.69) is 163 Å². The molecule has 2 aliphatic heterocycles. The number of methoxy groups -OCH3 is 4. The van der Waals surface area contributed by atoms with Crippen LogP contribution >= 0.6 is 0 Å². The van der Waals surface area contributed by atoms with Crippen molar-refractivity contribution in [3.05, 3.63) is 96.6 Å². The molecule has 2 aliphatic rings. The first-order valence-corrected chi connectivity index (χ1v) is 21.5. The van der Waals surface area contributed by atoms with Gasteiger partial charge in [0.2, 0.25) is 0 Å². The van der Waals surface area contributed by atoms with Gasteiger partial charge in [0.05, 0.1) is 99.6 Å².